The summed E-state index contributed by atoms with van der Waals surface area (Å²) >= 11 is 0. The van der Waals surface area contributed by atoms with E-state index in [4.69, 9.17) is 14.5 Å². The zero-order valence-corrected chi connectivity index (χ0v) is 12.6. The zero-order valence-electron chi connectivity index (χ0n) is 12.6. The molecule has 0 heterocycles. The molecule has 0 aromatic rings. The van der Waals surface area contributed by atoms with Crippen LogP contribution in [0.4, 0.5) is 0 Å². The van der Waals surface area contributed by atoms with Crippen LogP contribution in [0.1, 0.15) is 67.2 Å². The minimum absolute atomic E-state index is 0.234. The predicted octanol–water partition coefficient (Wildman–Crippen LogP) is 3.84. The van der Waals surface area contributed by atoms with Crippen molar-refractivity contribution in [1.82, 2.24) is 0 Å². The molecule has 4 heteroatoms. The maximum Gasteiger partial charge on any atom is 0.308 e. The third-order valence-electron chi connectivity index (χ3n) is 3.07. The predicted molar refractivity (Wildman–Crippen MR) is 70.8 cm³/mol. The van der Waals surface area contributed by atoms with Gasteiger partial charge in [-0.2, -0.15) is 4.89 Å². The largest absolute Gasteiger partial charge is 0.433 e. The lowest BCUT2D eigenvalue weighted by molar-refractivity contribution is -0.415. The molecule has 1 unspecified atom stereocenters. The Morgan fingerprint density at radius 1 is 1.17 bits per heavy atom. The second kappa shape index (κ2) is 8.48. The van der Waals surface area contributed by atoms with Crippen LogP contribution < -0.4 is 0 Å². The number of unbranched alkanes of at least 4 members (excludes halogenated alkanes) is 2. The van der Waals surface area contributed by atoms with Crippen LogP contribution in [0, 0.1) is 5.92 Å². The van der Waals surface area contributed by atoms with Gasteiger partial charge in [0.05, 0.1) is 0 Å². The van der Waals surface area contributed by atoms with E-state index in [9.17, 15) is 4.79 Å². The number of hydrogen-bond acceptors (Lipinski definition) is 4. The van der Waals surface area contributed by atoms with E-state index in [1.165, 1.54) is 0 Å². The molecule has 0 bridgehead atoms. The van der Waals surface area contributed by atoms with E-state index in [-0.39, 0.29) is 5.97 Å². The molecule has 0 aromatic heterocycles. The highest BCUT2D eigenvalue weighted by molar-refractivity contribution is 5.69. The van der Waals surface area contributed by atoms with Crippen LogP contribution >= 0.6 is 0 Å². The smallest absolute Gasteiger partial charge is 0.308 e. The van der Waals surface area contributed by atoms with E-state index in [2.05, 4.69) is 6.92 Å². The molecule has 0 saturated carbocycles. The molecule has 0 spiro atoms. The highest BCUT2D eigenvalue weighted by Gasteiger charge is 2.26. The molecule has 4 nitrogen and oxygen atoms in total. The van der Waals surface area contributed by atoms with Crippen molar-refractivity contribution in [1.29, 1.82) is 0 Å². The van der Waals surface area contributed by atoms with Crippen LogP contribution in [-0.4, -0.2) is 17.9 Å². The van der Waals surface area contributed by atoms with Gasteiger partial charge in [0.15, 0.2) is 0 Å². The Kier molecular flexibility index (Phi) is 8.20. The van der Waals surface area contributed by atoms with Gasteiger partial charge in [0.1, 0.15) is 5.60 Å². The van der Waals surface area contributed by atoms with Gasteiger partial charge in [-0.05, 0) is 26.2 Å². The average molecular weight is 260 g/mol. The number of hydrogen-bond donors (Lipinski definition) is 0. The van der Waals surface area contributed by atoms with Crippen LogP contribution in [0.2, 0.25) is 0 Å². The lowest BCUT2D eigenvalue weighted by Crippen LogP contribution is -2.33. The molecule has 0 fully saturated rings. The molecule has 0 aliphatic heterocycles. The van der Waals surface area contributed by atoms with Crippen LogP contribution in [0.25, 0.3) is 0 Å². The fraction of sp³-hybridized carbons (Fsp3) is 0.929. The van der Waals surface area contributed by atoms with Gasteiger partial charge in [0, 0.05) is 13.3 Å². The van der Waals surface area contributed by atoms with Gasteiger partial charge in [-0.3, -0.25) is 4.79 Å². The maximum absolute atomic E-state index is 11.4. The van der Waals surface area contributed by atoms with Crippen LogP contribution in [0.15, 0.2) is 0 Å². The normalized spacial score (nSPS) is 13.7. The first-order valence-corrected chi connectivity index (χ1v) is 6.83. The standard InChI is InChI=1S/C14H28O4/c1-7-8-9-10-13(15)16-12(4)17-18-14(5,6)11(2)3/h11-12H,7-10H2,1-6H3. The van der Waals surface area contributed by atoms with Gasteiger partial charge in [0.2, 0.25) is 6.29 Å². The molecule has 0 saturated heterocycles. The lowest BCUT2D eigenvalue weighted by atomic mass is 9.95. The minimum Gasteiger partial charge on any atom is -0.433 e. The quantitative estimate of drug-likeness (QED) is 0.208. The molecule has 0 aliphatic carbocycles. The number of esters is 1. The van der Waals surface area contributed by atoms with Crippen molar-refractivity contribution in [2.24, 2.45) is 5.92 Å². The monoisotopic (exact) mass is 260 g/mol. The van der Waals surface area contributed by atoms with Crippen molar-refractivity contribution in [3.63, 3.8) is 0 Å². The van der Waals surface area contributed by atoms with Gasteiger partial charge >= 0.3 is 5.97 Å². The molecule has 108 valence electrons. The summed E-state index contributed by atoms with van der Waals surface area (Å²) in [5.74, 6) is 0.0758. The molecule has 1 atom stereocenters. The topological polar surface area (TPSA) is 44.8 Å². The summed E-state index contributed by atoms with van der Waals surface area (Å²) in [7, 11) is 0. The van der Waals surface area contributed by atoms with E-state index in [1.54, 1.807) is 6.92 Å². The van der Waals surface area contributed by atoms with Gasteiger partial charge in [-0.1, -0.05) is 33.6 Å². The Balaban J connectivity index is 3.83. The van der Waals surface area contributed by atoms with Crippen LogP contribution in [-0.2, 0) is 19.3 Å². The molecule has 0 aliphatic rings. The SMILES string of the molecule is CCCCCC(=O)OC(C)OOC(C)(C)C(C)C. The second-order valence-electron chi connectivity index (χ2n) is 5.45. The Bertz CT molecular complexity index is 236. The first-order valence-electron chi connectivity index (χ1n) is 6.83. The Morgan fingerprint density at radius 3 is 2.28 bits per heavy atom. The van der Waals surface area contributed by atoms with E-state index in [1.807, 2.05) is 27.7 Å². The summed E-state index contributed by atoms with van der Waals surface area (Å²) in [4.78, 5) is 21.8. The van der Waals surface area contributed by atoms with E-state index >= 15 is 0 Å². The fourth-order valence-electron chi connectivity index (χ4n) is 1.07. The Hall–Kier alpha value is -0.610. The minimum atomic E-state index is -0.669. The van der Waals surface area contributed by atoms with Crippen molar-refractivity contribution in [2.45, 2.75) is 79.1 Å². The maximum atomic E-state index is 11.4. The molecular formula is C14H28O4. The summed E-state index contributed by atoms with van der Waals surface area (Å²) < 4.78 is 5.09. The van der Waals surface area contributed by atoms with Crippen molar-refractivity contribution < 1.29 is 19.3 Å². The first-order chi connectivity index (χ1) is 8.29. The second-order valence-corrected chi connectivity index (χ2v) is 5.45. The lowest BCUT2D eigenvalue weighted by Gasteiger charge is -2.28. The molecule has 0 N–H and O–H groups in total. The van der Waals surface area contributed by atoms with Gasteiger partial charge in [-0.25, -0.2) is 4.89 Å². The third kappa shape index (κ3) is 7.67. The van der Waals surface area contributed by atoms with E-state index in [0.29, 0.717) is 12.3 Å². The first kappa shape index (κ1) is 17.4. The molecular weight excluding hydrogens is 232 g/mol. The van der Waals surface area contributed by atoms with Crippen molar-refractivity contribution in [3.8, 4) is 0 Å². The summed E-state index contributed by atoms with van der Waals surface area (Å²) in [6, 6.07) is 0. The fourth-order valence-corrected chi connectivity index (χ4v) is 1.07. The van der Waals surface area contributed by atoms with Crippen LogP contribution in [0.3, 0.4) is 0 Å². The highest BCUT2D eigenvalue weighted by atomic mass is 17.2. The van der Waals surface area contributed by atoms with Crippen LogP contribution in [0.5, 0.6) is 0 Å². The highest BCUT2D eigenvalue weighted by Crippen LogP contribution is 2.21. The summed E-state index contributed by atoms with van der Waals surface area (Å²) in [5.41, 5.74) is -0.400. The number of rotatable bonds is 9. The molecule has 0 radical (unpaired) electrons. The molecule has 0 rings (SSSR count). The summed E-state index contributed by atoms with van der Waals surface area (Å²) in [6.07, 6.45) is 2.76. The average Bonchev–Trinajstić information content (AvgIpc) is 2.26. The Labute approximate surface area is 111 Å². The summed E-state index contributed by atoms with van der Waals surface area (Å²) in [5, 5.41) is 0. The van der Waals surface area contributed by atoms with Crippen molar-refractivity contribution >= 4 is 5.97 Å². The summed E-state index contributed by atoms with van der Waals surface area (Å²) in [6.45, 7) is 11.7. The number of carbonyl (C=O) groups excluding carboxylic acids is 1. The molecule has 18 heavy (non-hydrogen) atoms. The van der Waals surface area contributed by atoms with Gasteiger partial charge in [0.25, 0.3) is 0 Å². The van der Waals surface area contributed by atoms with E-state index < -0.39 is 11.9 Å². The molecule has 0 amide bonds. The zero-order chi connectivity index (χ0) is 14.2. The van der Waals surface area contributed by atoms with Crippen molar-refractivity contribution in [3.05, 3.63) is 0 Å². The number of ether oxygens (including phenoxy) is 1. The van der Waals surface area contributed by atoms with Gasteiger partial charge in [-0.15, -0.1) is 0 Å². The Morgan fingerprint density at radius 2 is 1.78 bits per heavy atom. The molecule has 0 aromatic carbocycles. The van der Waals surface area contributed by atoms with E-state index in [0.717, 1.165) is 19.3 Å². The third-order valence-corrected chi connectivity index (χ3v) is 3.07. The van der Waals surface area contributed by atoms with Crippen molar-refractivity contribution in [2.75, 3.05) is 0 Å². The van der Waals surface area contributed by atoms with Gasteiger partial charge < -0.3 is 4.74 Å². The number of carbonyl (C=O) groups is 1.